The predicted molar refractivity (Wildman–Crippen MR) is 150 cm³/mol. The molecule has 3 atom stereocenters. The topological polar surface area (TPSA) is 36.9 Å². The van der Waals surface area contributed by atoms with E-state index in [2.05, 4.69) is 107 Å². The first kappa shape index (κ1) is 29.5. The zero-order valence-electron chi connectivity index (χ0n) is 22.7. The van der Waals surface area contributed by atoms with Crippen LogP contribution in [0.25, 0.3) is 0 Å². The van der Waals surface area contributed by atoms with Crippen LogP contribution < -0.4 is 10.4 Å². The van der Waals surface area contributed by atoms with Gasteiger partial charge in [-0.3, -0.25) is 0 Å². The molecule has 0 spiro atoms. The van der Waals surface area contributed by atoms with Gasteiger partial charge in [-0.1, -0.05) is 129 Å². The first-order chi connectivity index (χ1) is 17.9. The van der Waals surface area contributed by atoms with Crippen LogP contribution >= 0.6 is 0 Å². The van der Waals surface area contributed by atoms with E-state index in [1.165, 1.54) is 15.9 Å². The molecular weight excluding hydrogens is 714 g/mol. The van der Waals surface area contributed by atoms with Crippen molar-refractivity contribution in [3.63, 3.8) is 0 Å². The molecule has 1 heterocycles. The van der Waals surface area contributed by atoms with Gasteiger partial charge in [-0.05, 0) is 27.9 Å². The molecule has 2 bridgehead atoms. The van der Waals surface area contributed by atoms with Crippen LogP contribution in [0.1, 0.15) is 33.3 Å². The van der Waals surface area contributed by atoms with E-state index in [0.29, 0.717) is 13.2 Å². The summed E-state index contributed by atoms with van der Waals surface area (Å²) in [5.74, 6) is 0.100. The average Bonchev–Trinajstić information content (AvgIpc) is 3.38. The minimum Gasteiger partial charge on any atom is -0.540 e. The summed E-state index contributed by atoms with van der Waals surface area (Å²) in [5.41, 5.74) is 1.71. The van der Waals surface area contributed by atoms with Crippen molar-refractivity contribution >= 4 is 18.7 Å². The summed E-state index contributed by atoms with van der Waals surface area (Å²) in [7, 11) is -2.71. The molecule has 6 heteroatoms. The molecule has 0 aromatic heterocycles. The minimum atomic E-state index is -2.71. The second kappa shape index (κ2) is 12.4. The third-order valence-corrected chi connectivity index (χ3v) is 12.6. The van der Waals surface area contributed by atoms with E-state index in [-0.39, 0.29) is 55.0 Å². The van der Waals surface area contributed by atoms with Crippen molar-refractivity contribution in [2.24, 2.45) is 5.92 Å². The van der Waals surface area contributed by atoms with E-state index in [9.17, 15) is 0 Å². The maximum absolute atomic E-state index is 7.25. The summed E-state index contributed by atoms with van der Waals surface area (Å²) in [6, 6.07) is 31.6. The predicted octanol–water partition coefficient (Wildman–Crippen LogP) is 5.63. The standard InChI is InChI=1S/C32H37O4Si.U/c1-25-20-32(30(29(25)22-35-32)34-24-33-21-26-14-8-5-9-15-26)23-36-37(31(2,3)4,27-16-10-6-11-17-27)28-18-12-7-13-19-28;/h5-20,22,29-30H,21,23-24H2,1-4H3;/q-1;. The van der Waals surface area contributed by atoms with Crippen LogP contribution in [-0.2, 0) is 25.2 Å². The minimum absolute atomic E-state index is 0. The number of ether oxygens (including phenoxy) is 3. The third kappa shape index (κ3) is 5.69. The fraction of sp³-hybridized carbons (Fsp3) is 0.344. The average molecular weight is 752 g/mol. The summed E-state index contributed by atoms with van der Waals surface area (Å²) >= 11 is 0. The van der Waals surface area contributed by atoms with Crippen LogP contribution in [0, 0.1) is 43.6 Å². The van der Waals surface area contributed by atoms with Crippen molar-refractivity contribution in [1.82, 2.24) is 0 Å². The molecule has 198 valence electrons. The molecule has 1 fully saturated rings. The summed E-state index contributed by atoms with van der Waals surface area (Å²) < 4.78 is 25.8. The van der Waals surface area contributed by atoms with Gasteiger partial charge in [0.2, 0.25) is 0 Å². The molecule has 3 aromatic rings. The molecule has 1 saturated heterocycles. The van der Waals surface area contributed by atoms with E-state index in [1.807, 2.05) is 24.8 Å². The van der Waals surface area contributed by atoms with Crippen molar-refractivity contribution in [2.75, 3.05) is 13.4 Å². The van der Waals surface area contributed by atoms with Gasteiger partial charge < -0.3 is 18.6 Å². The van der Waals surface area contributed by atoms with Crippen LogP contribution in [0.5, 0.6) is 0 Å². The van der Waals surface area contributed by atoms with Crippen molar-refractivity contribution in [3.05, 3.63) is 115 Å². The fourth-order valence-electron chi connectivity index (χ4n) is 5.83. The normalized spacial score (nSPS) is 22.7. The van der Waals surface area contributed by atoms with Crippen molar-refractivity contribution < 1.29 is 49.7 Å². The molecule has 1 aliphatic heterocycles. The SMILES string of the molecule is CC1=CC2(CO[Si](c3ccccc3)(c3ccccc3)C(C)(C)C)O[CH-]C1C2OCOCc1ccccc1.[U]. The summed E-state index contributed by atoms with van der Waals surface area (Å²) in [5, 5.41) is 2.40. The van der Waals surface area contributed by atoms with E-state index < -0.39 is 13.9 Å². The molecule has 2 aliphatic rings. The number of hydrogen-bond donors (Lipinski definition) is 0. The Kier molecular flexibility index (Phi) is 9.59. The van der Waals surface area contributed by atoms with Gasteiger partial charge in [0, 0.05) is 31.1 Å². The Morgan fingerprint density at radius 1 is 0.868 bits per heavy atom. The van der Waals surface area contributed by atoms with Crippen molar-refractivity contribution in [2.45, 2.75) is 51.0 Å². The van der Waals surface area contributed by atoms with Crippen LogP contribution in [0.15, 0.2) is 103 Å². The van der Waals surface area contributed by atoms with Crippen molar-refractivity contribution in [3.8, 4) is 0 Å². The Morgan fingerprint density at radius 2 is 1.42 bits per heavy atom. The Balaban J connectivity index is 0.00000336. The van der Waals surface area contributed by atoms with Gasteiger partial charge in [-0.15, -0.1) is 0 Å². The second-order valence-electron chi connectivity index (χ2n) is 11.1. The largest absolute Gasteiger partial charge is 0.540 e. The van der Waals surface area contributed by atoms with Crippen molar-refractivity contribution in [1.29, 1.82) is 0 Å². The molecule has 1 aliphatic carbocycles. The van der Waals surface area contributed by atoms with Crippen LogP contribution in [0.2, 0.25) is 5.04 Å². The molecule has 4 nitrogen and oxygen atoms in total. The molecule has 0 radical (unpaired) electrons. The second-order valence-corrected chi connectivity index (χ2v) is 15.4. The zero-order chi connectivity index (χ0) is 25.9. The van der Waals surface area contributed by atoms with Gasteiger partial charge in [0.1, 0.15) is 12.4 Å². The van der Waals surface area contributed by atoms with Crippen LogP contribution in [0.4, 0.5) is 0 Å². The van der Waals surface area contributed by atoms with Gasteiger partial charge in [-0.25, -0.2) is 6.61 Å². The Labute approximate surface area is 252 Å². The first-order valence-electron chi connectivity index (χ1n) is 13.0. The smallest absolute Gasteiger partial charge is 0.261 e. The quantitative estimate of drug-likeness (QED) is 0.0886. The van der Waals surface area contributed by atoms with E-state index >= 15 is 0 Å². The zero-order valence-corrected chi connectivity index (χ0v) is 27.9. The van der Waals surface area contributed by atoms with E-state index in [4.69, 9.17) is 18.6 Å². The molecule has 3 unspecified atom stereocenters. The number of fused-ring (bicyclic) bond motifs is 2. The molecule has 0 N–H and O–H groups in total. The molecule has 0 amide bonds. The fourth-order valence-corrected chi connectivity index (χ4v) is 10.4. The van der Waals surface area contributed by atoms with Gasteiger partial charge in [0.15, 0.2) is 0 Å². The van der Waals surface area contributed by atoms with Gasteiger partial charge in [0.25, 0.3) is 8.32 Å². The maximum Gasteiger partial charge on any atom is 0.261 e. The van der Waals surface area contributed by atoms with Crippen LogP contribution in [-0.4, -0.2) is 33.4 Å². The Hall–Kier alpha value is -1.49. The van der Waals surface area contributed by atoms with E-state index in [1.54, 1.807) is 0 Å². The van der Waals surface area contributed by atoms with Gasteiger partial charge in [0.05, 0.1) is 19.3 Å². The Bertz CT molecular complexity index is 1160. The summed E-state index contributed by atoms with van der Waals surface area (Å²) in [6.07, 6.45) is 2.03. The number of rotatable bonds is 10. The number of benzene rings is 3. The Morgan fingerprint density at radius 3 is 1.95 bits per heavy atom. The molecule has 5 rings (SSSR count). The van der Waals surface area contributed by atoms with Gasteiger partial charge in [-0.2, -0.15) is 0 Å². The summed E-state index contributed by atoms with van der Waals surface area (Å²) in [6.45, 7) is 12.1. The molecule has 38 heavy (non-hydrogen) atoms. The summed E-state index contributed by atoms with van der Waals surface area (Å²) in [4.78, 5) is 0. The van der Waals surface area contributed by atoms with Gasteiger partial charge >= 0.3 is 0 Å². The molecule has 0 saturated carbocycles. The van der Waals surface area contributed by atoms with E-state index in [0.717, 1.165) is 5.56 Å². The number of hydrogen-bond acceptors (Lipinski definition) is 4. The molecule has 3 aromatic carbocycles. The molecular formula is C32H37O4SiU-. The maximum atomic E-state index is 7.25. The monoisotopic (exact) mass is 751 g/mol. The first-order valence-corrected chi connectivity index (χ1v) is 15.0. The van der Waals surface area contributed by atoms with Crippen LogP contribution in [0.3, 0.4) is 0 Å². The third-order valence-electron chi connectivity index (χ3n) is 7.61.